The third-order valence-corrected chi connectivity index (χ3v) is 2.79. The van der Waals surface area contributed by atoms with Gasteiger partial charge in [-0.2, -0.15) is 0 Å². The molecule has 0 fully saturated rings. The lowest BCUT2D eigenvalue weighted by molar-refractivity contribution is 0.171. The van der Waals surface area contributed by atoms with Crippen LogP contribution in [-0.4, -0.2) is 36.3 Å². The molecular weight excluding hydrogens is 254 g/mol. The van der Waals surface area contributed by atoms with Crippen LogP contribution in [0.25, 0.3) is 0 Å². The van der Waals surface area contributed by atoms with Gasteiger partial charge in [-0.05, 0) is 0 Å². The summed E-state index contributed by atoms with van der Waals surface area (Å²) in [5.41, 5.74) is 0.926. The Labute approximate surface area is 122 Å². The fourth-order valence-corrected chi connectivity index (χ4v) is 1.63. The maximum Gasteiger partial charge on any atom is 0.160 e. The number of nitrogens with zero attached hydrogens (tertiary/aromatic N) is 2. The van der Waals surface area contributed by atoms with Gasteiger partial charge in [0.25, 0.3) is 0 Å². The Hall–Kier alpha value is -1.20. The maximum atomic E-state index is 5.76. The average molecular weight is 281 g/mol. The van der Waals surface area contributed by atoms with Gasteiger partial charge in [-0.1, -0.05) is 27.7 Å². The van der Waals surface area contributed by atoms with E-state index in [4.69, 9.17) is 9.47 Å². The summed E-state index contributed by atoms with van der Waals surface area (Å²) < 4.78 is 10.8. The zero-order valence-electron chi connectivity index (χ0n) is 13.3. The Bertz CT molecular complexity index is 395. The zero-order valence-corrected chi connectivity index (χ0v) is 13.3. The van der Waals surface area contributed by atoms with Gasteiger partial charge in [-0.3, -0.25) is 0 Å². The van der Waals surface area contributed by atoms with Crippen LogP contribution in [0.5, 0.6) is 5.75 Å². The Kier molecular flexibility index (Phi) is 7.47. The third-order valence-electron chi connectivity index (χ3n) is 2.79. The van der Waals surface area contributed by atoms with E-state index in [-0.39, 0.29) is 0 Å². The van der Waals surface area contributed by atoms with Crippen molar-refractivity contribution >= 4 is 0 Å². The number of methoxy groups -OCH3 is 1. The highest BCUT2D eigenvalue weighted by Crippen LogP contribution is 2.18. The maximum absolute atomic E-state index is 5.76. The summed E-state index contributed by atoms with van der Waals surface area (Å²) in [4.78, 5) is 8.98. The molecule has 1 N–H and O–H groups in total. The molecule has 0 atom stereocenters. The van der Waals surface area contributed by atoms with Gasteiger partial charge in [-0.15, -0.1) is 0 Å². The van der Waals surface area contributed by atoms with Crippen LogP contribution >= 0.6 is 0 Å². The summed E-state index contributed by atoms with van der Waals surface area (Å²) in [6, 6.07) is 0.411. The molecule has 1 heterocycles. The molecule has 0 unspecified atom stereocenters. The van der Waals surface area contributed by atoms with Crippen LogP contribution in [0, 0.1) is 0 Å². The minimum atomic E-state index is 0.315. The van der Waals surface area contributed by atoms with E-state index in [2.05, 4.69) is 43.0 Å². The second-order valence-corrected chi connectivity index (χ2v) is 5.42. The number of nitrogens with one attached hydrogen (secondary N) is 1. The van der Waals surface area contributed by atoms with Crippen molar-refractivity contribution in [2.24, 2.45) is 0 Å². The smallest absolute Gasteiger partial charge is 0.160 e. The van der Waals surface area contributed by atoms with Crippen LogP contribution in [0.2, 0.25) is 0 Å². The monoisotopic (exact) mass is 281 g/mol. The first-order chi connectivity index (χ1) is 9.54. The van der Waals surface area contributed by atoms with E-state index in [0.717, 1.165) is 23.7 Å². The minimum absolute atomic E-state index is 0.315. The Morgan fingerprint density at radius 3 is 2.55 bits per heavy atom. The molecule has 0 spiro atoms. The predicted molar refractivity (Wildman–Crippen MR) is 80.1 cm³/mol. The highest BCUT2D eigenvalue weighted by Gasteiger charge is 2.11. The molecule has 1 aromatic rings. The van der Waals surface area contributed by atoms with Crippen LogP contribution in [-0.2, 0) is 11.3 Å². The molecule has 20 heavy (non-hydrogen) atoms. The molecule has 114 valence electrons. The van der Waals surface area contributed by atoms with Crippen LogP contribution in [0.15, 0.2) is 6.20 Å². The van der Waals surface area contributed by atoms with E-state index in [1.165, 1.54) is 0 Å². The van der Waals surface area contributed by atoms with Crippen molar-refractivity contribution in [3.05, 3.63) is 17.7 Å². The largest absolute Gasteiger partial charge is 0.490 e. The van der Waals surface area contributed by atoms with Gasteiger partial charge < -0.3 is 14.8 Å². The summed E-state index contributed by atoms with van der Waals surface area (Å²) in [6.45, 7) is 10.4. The third kappa shape index (κ3) is 5.84. The fraction of sp³-hybridized carbons (Fsp3) is 0.733. The summed E-state index contributed by atoms with van der Waals surface area (Å²) in [6.07, 6.45) is 2.64. The normalized spacial score (nSPS) is 11.3. The van der Waals surface area contributed by atoms with Crippen molar-refractivity contribution < 1.29 is 9.47 Å². The molecule has 0 aliphatic carbocycles. The molecule has 0 saturated carbocycles. The van der Waals surface area contributed by atoms with Crippen molar-refractivity contribution in [1.29, 1.82) is 0 Å². The highest BCUT2D eigenvalue weighted by molar-refractivity contribution is 5.25. The molecule has 0 aromatic carbocycles. The Morgan fingerprint density at radius 2 is 1.95 bits per heavy atom. The highest BCUT2D eigenvalue weighted by atomic mass is 16.5. The van der Waals surface area contributed by atoms with Crippen LogP contribution in [0.3, 0.4) is 0 Å². The van der Waals surface area contributed by atoms with Gasteiger partial charge in [0.2, 0.25) is 0 Å². The lowest BCUT2D eigenvalue weighted by Gasteiger charge is -2.14. The van der Waals surface area contributed by atoms with E-state index in [0.29, 0.717) is 31.7 Å². The molecule has 5 heteroatoms. The second-order valence-electron chi connectivity index (χ2n) is 5.42. The molecule has 0 radical (unpaired) electrons. The van der Waals surface area contributed by atoms with Crippen molar-refractivity contribution in [2.75, 3.05) is 20.3 Å². The fourth-order valence-electron chi connectivity index (χ4n) is 1.63. The summed E-state index contributed by atoms with van der Waals surface area (Å²) in [5.74, 6) is 1.93. The van der Waals surface area contributed by atoms with Crippen LogP contribution < -0.4 is 10.1 Å². The molecule has 0 amide bonds. The first-order valence-corrected chi connectivity index (χ1v) is 7.25. The predicted octanol–water partition coefficient (Wildman–Crippen LogP) is 2.51. The van der Waals surface area contributed by atoms with Crippen LogP contribution in [0.1, 0.15) is 51.6 Å². The van der Waals surface area contributed by atoms with Gasteiger partial charge >= 0.3 is 0 Å². The lowest BCUT2D eigenvalue weighted by Crippen LogP contribution is -2.23. The van der Waals surface area contributed by atoms with Crippen molar-refractivity contribution in [3.8, 4) is 5.75 Å². The van der Waals surface area contributed by atoms with E-state index in [9.17, 15) is 0 Å². The van der Waals surface area contributed by atoms with E-state index >= 15 is 0 Å². The van der Waals surface area contributed by atoms with Gasteiger partial charge in [0.05, 0.1) is 18.5 Å². The van der Waals surface area contributed by atoms with Crippen molar-refractivity contribution in [3.63, 3.8) is 0 Å². The number of hydrogen-bond acceptors (Lipinski definition) is 5. The molecule has 0 aliphatic rings. The lowest BCUT2D eigenvalue weighted by atomic mass is 10.2. The SMILES string of the molecule is COCCCOc1cnc(C(C)C)nc1CNC(C)C. The molecular formula is C15H27N3O2. The van der Waals surface area contributed by atoms with Crippen LogP contribution in [0.4, 0.5) is 0 Å². The van der Waals surface area contributed by atoms with Gasteiger partial charge in [-0.25, -0.2) is 9.97 Å². The molecule has 0 bridgehead atoms. The topological polar surface area (TPSA) is 56.3 Å². The van der Waals surface area contributed by atoms with Crippen molar-refractivity contribution in [2.45, 2.75) is 52.6 Å². The van der Waals surface area contributed by atoms with Gasteiger partial charge in [0.1, 0.15) is 5.82 Å². The quantitative estimate of drug-likeness (QED) is 0.705. The van der Waals surface area contributed by atoms with E-state index < -0.39 is 0 Å². The standard InChI is InChI=1S/C15H27N3O2/c1-11(2)15-17-10-14(20-8-6-7-19-5)13(18-15)9-16-12(3)4/h10-12,16H,6-9H2,1-5H3. The average Bonchev–Trinajstić information content (AvgIpc) is 2.41. The molecule has 0 aliphatic heterocycles. The van der Waals surface area contributed by atoms with Crippen molar-refractivity contribution in [1.82, 2.24) is 15.3 Å². The molecule has 1 aromatic heterocycles. The number of rotatable bonds is 9. The first kappa shape index (κ1) is 16.9. The van der Waals surface area contributed by atoms with E-state index in [1.807, 2.05) is 0 Å². The summed E-state index contributed by atoms with van der Waals surface area (Å²) in [5, 5.41) is 3.37. The Balaban J connectivity index is 2.74. The first-order valence-electron chi connectivity index (χ1n) is 7.25. The minimum Gasteiger partial charge on any atom is -0.490 e. The van der Waals surface area contributed by atoms with Gasteiger partial charge in [0, 0.05) is 38.6 Å². The summed E-state index contributed by atoms with van der Waals surface area (Å²) >= 11 is 0. The number of ether oxygens (including phenoxy) is 2. The number of aromatic nitrogens is 2. The number of hydrogen-bond donors (Lipinski definition) is 1. The van der Waals surface area contributed by atoms with Gasteiger partial charge in [0.15, 0.2) is 5.75 Å². The van der Waals surface area contributed by atoms with E-state index in [1.54, 1.807) is 13.3 Å². The second kappa shape index (κ2) is 8.87. The summed E-state index contributed by atoms with van der Waals surface area (Å²) in [7, 11) is 1.69. The molecule has 1 rings (SSSR count). The zero-order chi connectivity index (χ0) is 15.0. The molecule has 5 nitrogen and oxygen atoms in total. The molecule has 0 saturated heterocycles. The Morgan fingerprint density at radius 1 is 1.20 bits per heavy atom.